The van der Waals surface area contributed by atoms with Crippen LogP contribution in [0.3, 0.4) is 0 Å². The minimum absolute atomic E-state index is 0.264. The molecule has 0 bridgehead atoms. The van der Waals surface area contributed by atoms with Gasteiger partial charge in [0, 0.05) is 0 Å². The topological polar surface area (TPSA) is 0 Å². The maximum atomic E-state index is 12.4. The predicted molar refractivity (Wildman–Crippen MR) is 40.2 cm³/mol. The highest BCUT2D eigenvalue weighted by atomic mass is 35.5. The molecule has 0 aromatic carbocycles. The van der Waals surface area contributed by atoms with Crippen molar-refractivity contribution in [2.24, 2.45) is 0 Å². The van der Waals surface area contributed by atoms with Crippen LogP contribution < -0.4 is 0 Å². The first-order valence-electron chi connectivity index (χ1n) is 3.82. The van der Waals surface area contributed by atoms with E-state index in [9.17, 15) is 22.0 Å². The average molecular weight is 225 g/mol. The van der Waals surface area contributed by atoms with Crippen LogP contribution in [0.5, 0.6) is 0 Å². The Labute approximate surface area is 78.1 Å². The Balaban J connectivity index is 4.27. The number of halogens is 6. The highest BCUT2D eigenvalue weighted by Crippen LogP contribution is 2.41. The highest BCUT2D eigenvalue weighted by molar-refractivity contribution is 6.21. The first-order valence-corrected chi connectivity index (χ1v) is 4.25. The molecule has 1 unspecified atom stereocenters. The normalized spacial score (nSPS) is 15.9. The van der Waals surface area contributed by atoms with Crippen LogP contribution in [0, 0.1) is 0 Å². The summed E-state index contributed by atoms with van der Waals surface area (Å²) in [4.78, 5) is 0. The number of hydrogen-bond donors (Lipinski definition) is 0. The van der Waals surface area contributed by atoms with E-state index in [2.05, 4.69) is 0 Å². The molecule has 13 heavy (non-hydrogen) atoms. The van der Waals surface area contributed by atoms with Crippen molar-refractivity contribution in [3.05, 3.63) is 0 Å². The van der Waals surface area contributed by atoms with Crippen molar-refractivity contribution >= 4 is 11.6 Å². The zero-order chi connectivity index (χ0) is 10.7. The zero-order valence-corrected chi connectivity index (χ0v) is 7.72. The van der Waals surface area contributed by atoms with E-state index < -0.39 is 17.5 Å². The molecule has 0 N–H and O–H groups in total. The molecule has 0 aliphatic heterocycles. The summed E-state index contributed by atoms with van der Waals surface area (Å²) in [6.45, 7) is 1.69. The largest absolute Gasteiger partial charge is 0.454 e. The third kappa shape index (κ3) is 3.29. The Bertz CT molecular complexity index is 153. The fourth-order valence-electron chi connectivity index (χ4n) is 0.742. The van der Waals surface area contributed by atoms with Crippen LogP contribution >= 0.6 is 11.6 Å². The van der Waals surface area contributed by atoms with Crippen molar-refractivity contribution in [1.29, 1.82) is 0 Å². The van der Waals surface area contributed by atoms with Gasteiger partial charge in [-0.1, -0.05) is 19.8 Å². The maximum Gasteiger partial charge on any atom is 0.454 e. The van der Waals surface area contributed by atoms with Gasteiger partial charge in [-0.05, 0) is 6.42 Å². The summed E-state index contributed by atoms with van der Waals surface area (Å²) in [5.41, 5.74) is 0. The third-order valence-corrected chi connectivity index (χ3v) is 2.07. The lowest BCUT2D eigenvalue weighted by atomic mass is 10.1. The van der Waals surface area contributed by atoms with Gasteiger partial charge >= 0.3 is 12.1 Å². The van der Waals surface area contributed by atoms with Crippen molar-refractivity contribution < 1.29 is 22.0 Å². The van der Waals surface area contributed by atoms with Crippen LogP contribution in [0.4, 0.5) is 22.0 Å². The van der Waals surface area contributed by atoms with Crippen molar-refractivity contribution in [1.82, 2.24) is 0 Å². The van der Waals surface area contributed by atoms with Gasteiger partial charge in [0.05, 0.1) is 0 Å². The number of unbranched alkanes of at least 4 members (excludes halogenated alkanes) is 1. The molecule has 0 aromatic rings. The number of hydrogen-bond acceptors (Lipinski definition) is 0. The fourth-order valence-corrected chi connectivity index (χ4v) is 1.02. The molecule has 0 saturated carbocycles. The van der Waals surface area contributed by atoms with Crippen LogP contribution in [-0.2, 0) is 0 Å². The Morgan fingerprint density at radius 2 is 1.62 bits per heavy atom. The lowest BCUT2D eigenvalue weighted by Crippen LogP contribution is -2.44. The second-order valence-electron chi connectivity index (χ2n) is 2.73. The fraction of sp³-hybridized carbons (Fsp3) is 1.00. The van der Waals surface area contributed by atoms with E-state index in [1.54, 1.807) is 6.92 Å². The molecular formula is C7H10ClF5. The van der Waals surface area contributed by atoms with Gasteiger partial charge < -0.3 is 0 Å². The van der Waals surface area contributed by atoms with Crippen molar-refractivity contribution in [2.45, 2.75) is 43.7 Å². The monoisotopic (exact) mass is 224 g/mol. The van der Waals surface area contributed by atoms with E-state index in [1.165, 1.54) is 0 Å². The Hall–Kier alpha value is -0.0600. The SMILES string of the molecule is CCCCC(Cl)C(F)(F)C(F)(F)F. The number of alkyl halides is 6. The Morgan fingerprint density at radius 3 is 1.92 bits per heavy atom. The summed E-state index contributed by atoms with van der Waals surface area (Å²) >= 11 is 4.97. The van der Waals surface area contributed by atoms with Gasteiger partial charge in [0.1, 0.15) is 5.38 Å². The zero-order valence-electron chi connectivity index (χ0n) is 6.97. The van der Waals surface area contributed by atoms with E-state index >= 15 is 0 Å². The molecular weight excluding hydrogens is 215 g/mol. The van der Waals surface area contributed by atoms with Crippen molar-refractivity contribution in [3.63, 3.8) is 0 Å². The van der Waals surface area contributed by atoms with Crippen LogP contribution in [0.1, 0.15) is 26.2 Å². The van der Waals surface area contributed by atoms with Crippen LogP contribution in [0.2, 0.25) is 0 Å². The second-order valence-corrected chi connectivity index (χ2v) is 3.26. The van der Waals surface area contributed by atoms with Gasteiger partial charge in [-0.25, -0.2) is 0 Å². The summed E-state index contributed by atoms with van der Waals surface area (Å²) in [5.74, 6) is -4.79. The van der Waals surface area contributed by atoms with Crippen LogP contribution in [-0.4, -0.2) is 17.5 Å². The molecule has 0 heterocycles. The van der Waals surface area contributed by atoms with Crippen molar-refractivity contribution in [2.75, 3.05) is 0 Å². The Morgan fingerprint density at radius 1 is 1.15 bits per heavy atom. The maximum absolute atomic E-state index is 12.4. The standard InChI is InChI=1S/C7H10ClF5/c1-2-3-4-5(8)6(9,10)7(11,12)13/h5H,2-4H2,1H3. The quantitative estimate of drug-likeness (QED) is 0.501. The van der Waals surface area contributed by atoms with Crippen molar-refractivity contribution in [3.8, 4) is 0 Å². The highest BCUT2D eigenvalue weighted by Gasteiger charge is 2.61. The molecule has 0 amide bonds. The molecule has 0 aliphatic carbocycles. The van der Waals surface area contributed by atoms with Gasteiger partial charge in [0.15, 0.2) is 0 Å². The molecule has 0 saturated heterocycles. The molecule has 0 rings (SSSR count). The van der Waals surface area contributed by atoms with Gasteiger partial charge in [-0.2, -0.15) is 22.0 Å². The summed E-state index contributed by atoms with van der Waals surface area (Å²) in [7, 11) is 0. The smallest absolute Gasteiger partial charge is 0.195 e. The van der Waals surface area contributed by atoms with E-state index in [1.807, 2.05) is 0 Å². The molecule has 0 nitrogen and oxygen atoms in total. The molecule has 0 radical (unpaired) electrons. The van der Waals surface area contributed by atoms with Crippen LogP contribution in [0.25, 0.3) is 0 Å². The first kappa shape index (κ1) is 12.9. The minimum atomic E-state index is -5.55. The summed E-state index contributed by atoms with van der Waals surface area (Å²) in [5, 5.41) is -2.16. The van der Waals surface area contributed by atoms with E-state index in [4.69, 9.17) is 11.6 Å². The lowest BCUT2D eigenvalue weighted by molar-refractivity contribution is -0.282. The second kappa shape index (κ2) is 4.44. The summed E-state index contributed by atoms with van der Waals surface area (Å²) in [6.07, 6.45) is -5.07. The molecule has 0 aliphatic rings. The molecule has 1 atom stereocenters. The van der Waals surface area contributed by atoms with E-state index in [0.717, 1.165) is 0 Å². The molecule has 6 heteroatoms. The molecule has 0 spiro atoms. The van der Waals surface area contributed by atoms with Gasteiger partial charge in [-0.3, -0.25) is 0 Å². The first-order chi connectivity index (χ1) is 5.73. The van der Waals surface area contributed by atoms with Gasteiger partial charge in [0.25, 0.3) is 0 Å². The van der Waals surface area contributed by atoms with Gasteiger partial charge in [0.2, 0.25) is 0 Å². The summed E-state index contributed by atoms with van der Waals surface area (Å²) in [6, 6.07) is 0. The molecule has 0 fully saturated rings. The number of rotatable bonds is 4. The minimum Gasteiger partial charge on any atom is -0.195 e. The van der Waals surface area contributed by atoms with E-state index in [0.29, 0.717) is 6.42 Å². The average Bonchev–Trinajstić information content (AvgIpc) is 1.97. The summed E-state index contributed by atoms with van der Waals surface area (Å²) < 4.78 is 59.8. The van der Waals surface area contributed by atoms with E-state index in [-0.39, 0.29) is 12.8 Å². The Kier molecular flexibility index (Phi) is 4.42. The predicted octanol–water partition coefficient (Wildman–Crippen LogP) is 3.98. The third-order valence-electron chi connectivity index (χ3n) is 1.58. The molecule has 0 aromatic heterocycles. The van der Waals surface area contributed by atoms with Crippen LogP contribution in [0.15, 0.2) is 0 Å². The lowest BCUT2D eigenvalue weighted by Gasteiger charge is -2.23. The molecule has 80 valence electrons. The van der Waals surface area contributed by atoms with Gasteiger partial charge in [-0.15, -0.1) is 11.6 Å².